The molecule has 2 rings (SSSR count). The summed E-state index contributed by atoms with van der Waals surface area (Å²) in [5.74, 6) is -5.20. The molecule has 5 atom stereocenters. The topological polar surface area (TPSA) is 204 Å². The second kappa shape index (κ2) is 14.3. The molecular weight excluding hydrogens is 506 g/mol. The average Bonchev–Trinajstić information content (AvgIpc) is 3.29. The number of hydrogen-bond acceptors (Lipinski definition) is 6. The molecule has 0 aliphatic rings. The molecule has 0 saturated heterocycles. The molecule has 1 aromatic carbocycles. The molecule has 0 saturated carbocycles. The van der Waals surface area contributed by atoms with Crippen molar-refractivity contribution >= 4 is 40.6 Å². The summed E-state index contributed by atoms with van der Waals surface area (Å²) in [6.45, 7) is 7.00. The Hall–Kier alpha value is -3.93. The Morgan fingerprint density at radius 3 is 2.13 bits per heavy atom. The van der Waals surface area contributed by atoms with Crippen molar-refractivity contribution in [1.29, 1.82) is 0 Å². The number of aliphatic carboxylic acids is 2. The molecule has 12 heteroatoms. The van der Waals surface area contributed by atoms with Gasteiger partial charge in [-0.1, -0.05) is 52.3 Å². The first kappa shape index (κ1) is 31.3. The van der Waals surface area contributed by atoms with Crippen LogP contribution in [0.1, 0.15) is 52.5 Å². The molecular formula is C27H39N5O7. The molecule has 8 N–H and O–H groups in total. The smallest absolute Gasteiger partial charge is 0.326 e. The highest BCUT2D eigenvalue weighted by molar-refractivity contribution is 5.94. The van der Waals surface area contributed by atoms with Crippen LogP contribution in [0.4, 0.5) is 0 Å². The van der Waals surface area contributed by atoms with Crippen molar-refractivity contribution in [2.45, 2.75) is 77.5 Å². The molecule has 1 heterocycles. The van der Waals surface area contributed by atoms with Crippen LogP contribution >= 0.6 is 0 Å². The lowest BCUT2D eigenvalue weighted by atomic mass is 9.95. The fourth-order valence-corrected chi connectivity index (χ4v) is 4.16. The van der Waals surface area contributed by atoms with Crippen molar-refractivity contribution < 1.29 is 34.2 Å². The molecule has 1 aromatic heterocycles. The Kier molecular flexibility index (Phi) is 11.5. The van der Waals surface area contributed by atoms with E-state index in [0.29, 0.717) is 6.42 Å². The van der Waals surface area contributed by atoms with E-state index in [1.54, 1.807) is 27.0 Å². The minimum absolute atomic E-state index is 0.243. The van der Waals surface area contributed by atoms with Gasteiger partial charge in [0.05, 0.1) is 6.04 Å². The molecule has 0 bridgehead atoms. The third-order valence-corrected chi connectivity index (χ3v) is 6.75. The summed E-state index contributed by atoms with van der Waals surface area (Å²) < 4.78 is 0. The average molecular weight is 546 g/mol. The van der Waals surface area contributed by atoms with Crippen LogP contribution in [0.5, 0.6) is 0 Å². The molecule has 0 radical (unpaired) electrons. The molecule has 214 valence electrons. The zero-order valence-corrected chi connectivity index (χ0v) is 22.7. The molecule has 2 aromatic rings. The van der Waals surface area contributed by atoms with E-state index in [4.69, 9.17) is 10.8 Å². The van der Waals surface area contributed by atoms with Gasteiger partial charge in [0.2, 0.25) is 17.7 Å². The quantitative estimate of drug-likeness (QED) is 0.172. The number of hydrogen-bond donors (Lipinski definition) is 7. The first-order chi connectivity index (χ1) is 18.3. The number of carboxylic acid groups (broad SMARTS) is 2. The number of nitrogens with two attached hydrogens (primary N) is 1. The Morgan fingerprint density at radius 1 is 0.923 bits per heavy atom. The maximum atomic E-state index is 13.3. The van der Waals surface area contributed by atoms with E-state index in [-0.39, 0.29) is 24.7 Å². The number of carboxylic acids is 2. The van der Waals surface area contributed by atoms with Crippen LogP contribution < -0.4 is 21.7 Å². The Morgan fingerprint density at radius 2 is 1.54 bits per heavy atom. The lowest BCUT2D eigenvalue weighted by Gasteiger charge is -2.29. The van der Waals surface area contributed by atoms with Gasteiger partial charge >= 0.3 is 11.9 Å². The van der Waals surface area contributed by atoms with Crippen molar-refractivity contribution in [3.8, 4) is 0 Å². The van der Waals surface area contributed by atoms with Crippen molar-refractivity contribution in [3.63, 3.8) is 0 Å². The minimum atomic E-state index is -1.43. The first-order valence-electron chi connectivity index (χ1n) is 13.0. The summed E-state index contributed by atoms with van der Waals surface area (Å²) in [6.07, 6.45) is 1.77. The summed E-state index contributed by atoms with van der Waals surface area (Å²) in [5.41, 5.74) is 7.96. The van der Waals surface area contributed by atoms with E-state index < -0.39 is 60.2 Å². The Bertz CT molecular complexity index is 1180. The molecule has 0 aliphatic carbocycles. The summed E-state index contributed by atoms with van der Waals surface area (Å²) >= 11 is 0. The zero-order chi connectivity index (χ0) is 29.3. The van der Waals surface area contributed by atoms with Gasteiger partial charge in [-0.2, -0.15) is 0 Å². The van der Waals surface area contributed by atoms with E-state index in [1.807, 2.05) is 31.2 Å². The van der Waals surface area contributed by atoms with E-state index >= 15 is 0 Å². The van der Waals surface area contributed by atoms with Gasteiger partial charge in [0.1, 0.15) is 18.1 Å². The number of para-hydroxylation sites is 1. The number of nitrogens with one attached hydrogen (secondary N) is 4. The number of aromatic amines is 1. The van der Waals surface area contributed by atoms with Crippen molar-refractivity contribution in [3.05, 3.63) is 36.0 Å². The van der Waals surface area contributed by atoms with Crippen LogP contribution in [0.15, 0.2) is 30.5 Å². The summed E-state index contributed by atoms with van der Waals surface area (Å²) in [6, 6.07) is 3.15. The van der Waals surface area contributed by atoms with E-state index in [2.05, 4.69) is 20.9 Å². The SMILES string of the molecule is CCC(C)C(NC(=O)C(NC(=O)C(N)Cc1c[nH]c2ccccc12)C(C)C)C(=O)NC(CCC(=O)O)C(=O)O. The molecule has 5 unspecified atom stereocenters. The van der Waals surface area contributed by atoms with Crippen molar-refractivity contribution in [1.82, 2.24) is 20.9 Å². The molecule has 0 fully saturated rings. The molecule has 0 spiro atoms. The van der Waals surface area contributed by atoms with Gasteiger partial charge in [-0.15, -0.1) is 0 Å². The summed E-state index contributed by atoms with van der Waals surface area (Å²) in [7, 11) is 0. The third-order valence-electron chi connectivity index (χ3n) is 6.75. The lowest BCUT2D eigenvalue weighted by molar-refractivity contribution is -0.143. The number of H-pyrrole nitrogens is 1. The van der Waals surface area contributed by atoms with Gasteiger partial charge in [0.15, 0.2) is 0 Å². The number of benzene rings is 1. The Labute approximate surface area is 227 Å². The molecule has 0 aliphatic heterocycles. The number of fused-ring (bicyclic) bond motifs is 1. The highest BCUT2D eigenvalue weighted by Gasteiger charge is 2.34. The molecule has 3 amide bonds. The second-order valence-electron chi connectivity index (χ2n) is 10.1. The number of rotatable bonds is 15. The fourth-order valence-electron chi connectivity index (χ4n) is 4.16. The monoisotopic (exact) mass is 545 g/mol. The van der Waals surface area contributed by atoms with Gasteiger partial charge in [0, 0.05) is 23.5 Å². The van der Waals surface area contributed by atoms with Crippen LogP contribution in [0.2, 0.25) is 0 Å². The normalized spacial score (nSPS) is 15.1. The number of carbonyl (C=O) groups is 5. The van der Waals surface area contributed by atoms with Crippen LogP contribution in [-0.2, 0) is 30.4 Å². The predicted molar refractivity (Wildman–Crippen MR) is 145 cm³/mol. The number of amides is 3. The maximum Gasteiger partial charge on any atom is 0.326 e. The predicted octanol–water partition coefficient (Wildman–Crippen LogP) is 1.14. The highest BCUT2D eigenvalue weighted by Crippen LogP contribution is 2.19. The zero-order valence-electron chi connectivity index (χ0n) is 22.7. The second-order valence-corrected chi connectivity index (χ2v) is 10.1. The largest absolute Gasteiger partial charge is 0.481 e. The lowest BCUT2D eigenvalue weighted by Crippen LogP contribution is -2.59. The van der Waals surface area contributed by atoms with E-state index in [0.717, 1.165) is 16.5 Å². The summed E-state index contributed by atoms with van der Waals surface area (Å²) in [4.78, 5) is 64.8. The standard InChI is InChI=1S/C27H39N5O7/c1-5-15(4)23(26(37)30-20(27(38)39)10-11-21(33)34)32-25(36)22(14(2)3)31-24(35)18(28)12-16-13-29-19-9-7-6-8-17(16)19/h6-9,13-15,18,20,22-23,29H,5,10-12,28H2,1-4H3,(H,30,37)(H,31,35)(H,32,36)(H,33,34)(H,38,39). The van der Waals surface area contributed by atoms with Crippen LogP contribution in [0.3, 0.4) is 0 Å². The van der Waals surface area contributed by atoms with Crippen LogP contribution in [0.25, 0.3) is 10.9 Å². The maximum absolute atomic E-state index is 13.3. The summed E-state index contributed by atoms with van der Waals surface area (Å²) in [5, 5.41) is 26.9. The first-order valence-corrected chi connectivity index (χ1v) is 13.0. The Balaban J connectivity index is 2.11. The number of carbonyl (C=O) groups excluding carboxylic acids is 3. The number of aromatic nitrogens is 1. The van der Waals surface area contributed by atoms with Crippen LogP contribution in [-0.4, -0.2) is 69.0 Å². The third kappa shape index (κ3) is 8.81. The van der Waals surface area contributed by atoms with Gasteiger partial charge in [0.25, 0.3) is 0 Å². The van der Waals surface area contributed by atoms with Gasteiger partial charge < -0.3 is 36.9 Å². The van der Waals surface area contributed by atoms with Gasteiger partial charge in [-0.3, -0.25) is 19.2 Å². The minimum Gasteiger partial charge on any atom is -0.481 e. The molecule has 12 nitrogen and oxygen atoms in total. The highest BCUT2D eigenvalue weighted by atomic mass is 16.4. The van der Waals surface area contributed by atoms with Gasteiger partial charge in [-0.05, 0) is 36.3 Å². The molecule has 39 heavy (non-hydrogen) atoms. The van der Waals surface area contributed by atoms with Crippen molar-refractivity contribution in [2.24, 2.45) is 17.6 Å². The van der Waals surface area contributed by atoms with E-state index in [9.17, 15) is 29.1 Å². The fraction of sp³-hybridized carbons (Fsp3) is 0.519. The van der Waals surface area contributed by atoms with Crippen LogP contribution in [0, 0.1) is 11.8 Å². The van der Waals surface area contributed by atoms with Crippen molar-refractivity contribution in [2.75, 3.05) is 0 Å². The van der Waals surface area contributed by atoms with E-state index in [1.165, 1.54) is 0 Å². The van der Waals surface area contributed by atoms with Gasteiger partial charge in [-0.25, -0.2) is 4.79 Å².